The monoisotopic (exact) mass is 189 g/mol. The minimum absolute atomic E-state index is 0.339. The molecule has 1 aromatic carbocycles. The maximum absolute atomic E-state index is 5.60. The number of aromatic nitrogens is 2. The topological polar surface area (TPSA) is 81.9 Å². The molecule has 2 aromatic rings. The molecule has 1 aromatic heterocycles. The molecule has 5 N–H and O–H groups in total. The standard InChI is InChI=1S/C9H11N5/c10-8-6-14(9(11)12-8)13-7-4-2-1-3-5-7/h1-6,13H,10H2,(H2,11,12). The highest BCUT2D eigenvalue weighted by atomic mass is 15.5. The molecular formula is C9H11N5. The Kier molecular flexibility index (Phi) is 1.98. The van der Waals surface area contributed by atoms with Crippen LogP contribution in [-0.4, -0.2) is 9.66 Å². The molecule has 0 radical (unpaired) electrons. The van der Waals surface area contributed by atoms with Crippen LogP contribution >= 0.6 is 0 Å². The molecule has 0 unspecified atom stereocenters. The van der Waals surface area contributed by atoms with Crippen molar-refractivity contribution in [2.75, 3.05) is 16.9 Å². The molecule has 0 aliphatic carbocycles. The van der Waals surface area contributed by atoms with Crippen LogP contribution in [0.25, 0.3) is 0 Å². The summed E-state index contributed by atoms with van der Waals surface area (Å²) in [6.07, 6.45) is 1.63. The van der Waals surface area contributed by atoms with Crippen molar-refractivity contribution >= 4 is 17.5 Å². The minimum atomic E-state index is 0.339. The van der Waals surface area contributed by atoms with Crippen LogP contribution in [0.2, 0.25) is 0 Å². The number of hydrogen-bond acceptors (Lipinski definition) is 4. The van der Waals surface area contributed by atoms with Crippen molar-refractivity contribution in [3.05, 3.63) is 36.5 Å². The van der Waals surface area contributed by atoms with Crippen molar-refractivity contribution in [1.29, 1.82) is 0 Å². The fourth-order valence-electron chi connectivity index (χ4n) is 1.15. The Morgan fingerprint density at radius 2 is 1.86 bits per heavy atom. The number of nitrogens with two attached hydrogens (primary N) is 2. The summed E-state index contributed by atoms with van der Waals surface area (Å²) in [7, 11) is 0. The first kappa shape index (κ1) is 8.43. The second-order valence-electron chi connectivity index (χ2n) is 2.87. The molecule has 0 bridgehead atoms. The molecule has 14 heavy (non-hydrogen) atoms. The number of para-hydroxylation sites is 1. The summed E-state index contributed by atoms with van der Waals surface area (Å²) in [4.78, 5) is 3.86. The predicted octanol–water partition coefficient (Wildman–Crippen LogP) is 0.923. The first-order valence-electron chi connectivity index (χ1n) is 4.18. The Hall–Kier alpha value is -2.17. The molecule has 1 heterocycles. The van der Waals surface area contributed by atoms with E-state index in [0.29, 0.717) is 11.8 Å². The van der Waals surface area contributed by atoms with Gasteiger partial charge in [-0.05, 0) is 12.1 Å². The van der Waals surface area contributed by atoms with Crippen molar-refractivity contribution < 1.29 is 0 Å². The summed E-state index contributed by atoms with van der Waals surface area (Å²) in [6, 6.07) is 9.65. The van der Waals surface area contributed by atoms with E-state index in [1.807, 2.05) is 30.3 Å². The maximum atomic E-state index is 5.60. The van der Waals surface area contributed by atoms with Gasteiger partial charge in [0.2, 0.25) is 5.95 Å². The van der Waals surface area contributed by atoms with Gasteiger partial charge >= 0.3 is 0 Å². The fourth-order valence-corrected chi connectivity index (χ4v) is 1.15. The third kappa shape index (κ3) is 1.61. The zero-order valence-electron chi connectivity index (χ0n) is 7.51. The van der Waals surface area contributed by atoms with Crippen LogP contribution in [0.4, 0.5) is 17.5 Å². The maximum Gasteiger partial charge on any atom is 0.221 e. The van der Waals surface area contributed by atoms with Crippen molar-refractivity contribution in [3.8, 4) is 0 Å². The van der Waals surface area contributed by atoms with Crippen LogP contribution < -0.4 is 16.9 Å². The normalized spacial score (nSPS) is 10.0. The number of rotatable bonds is 2. The van der Waals surface area contributed by atoms with E-state index in [9.17, 15) is 0 Å². The van der Waals surface area contributed by atoms with Crippen LogP contribution in [0.3, 0.4) is 0 Å². The van der Waals surface area contributed by atoms with Crippen molar-refractivity contribution in [2.24, 2.45) is 0 Å². The molecule has 5 nitrogen and oxygen atoms in total. The lowest BCUT2D eigenvalue weighted by Crippen LogP contribution is -2.10. The van der Waals surface area contributed by atoms with Gasteiger partial charge in [-0.15, -0.1) is 0 Å². The van der Waals surface area contributed by atoms with E-state index in [1.54, 1.807) is 10.9 Å². The van der Waals surface area contributed by atoms with Gasteiger partial charge in [-0.25, -0.2) is 4.68 Å². The van der Waals surface area contributed by atoms with Crippen LogP contribution in [0.5, 0.6) is 0 Å². The lowest BCUT2D eigenvalue weighted by atomic mass is 10.3. The Morgan fingerprint density at radius 1 is 1.14 bits per heavy atom. The van der Waals surface area contributed by atoms with Gasteiger partial charge in [0.25, 0.3) is 0 Å². The summed E-state index contributed by atoms with van der Waals surface area (Å²) in [5.74, 6) is 0.734. The molecule has 0 fully saturated rings. The van der Waals surface area contributed by atoms with Crippen molar-refractivity contribution in [1.82, 2.24) is 9.66 Å². The largest absolute Gasteiger partial charge is 0.382 e. The third-order valence-electron chi connectivity index (χ3n) is 1.78. The SMILES string of the molecule is Nc1cn(Nc2ccccc2)c(N)n1. The third-order valence-corrected chi connectivity index (χ3v) is 1.78. The first-order valence-corrected chi connectivity index (χ1v) is 4.18. The Balaban J connectivity index is 2.23. The smallest absolute Gasteiger partial charge is 0.221 e. The number of imidazole rings is 1. The van der Waals surface area contributed by atoms with Gasteiger partial charge in [-0.2, -0.15) is 4.98 Å². The highest BCUT2D eigenvalue weighted by molar-refractivity contribution is 5.46. The average Bonchev–Trinajstić information content (AvgIpc) is 2.47. The summed E-state index contributed by atoms with van der Waals surface area (Å²) >= 11 is 0. The lowest BCUT2D eigenvalue weighted by molar-refractivity contribution is 0.972. The fraction of sp³-hybridized carbons (Fsp3) is 0. The van der Waals surface area contributed by atoms with Crippen molar-refractivity contribution in [3.63, 3.8) is 0 Å². The average molecular weight is 189 g/mol. The molecule has 2 rings (SSSR count). The van der Waals surface area contributed by atoms with Gasteiger partial charge in [0.1, 0.15) is 5.82 Å². The number of hydrogen-bond donors (Lipinski definition) is 3. The number of anilines is 3. The van der Waals surface area contributed by atoms with Gasteiger partial charge in [0.15, 0.2) is 0 Å². The highest BCUT2D eigenvalue weighted by Crippen LogP contribution is 2.10. The summed E-state index contributed by atoms with van der Waals surface area (Å²) in [6.45, 7) is 0. The van der Waals surface area contributed by atoms with Crippen LogP contribution in [0.1, 0.15) is 0 Å². The summed E-state index contributed by atoms with van der Waals surface area (Å²) < 4.78 is 1.57. The molecule has 5 heteroatoms. The van der Waals surface area contributed by atoms with Crippen LogP contribution in [0.15, 0.2) is 36.5 Å². The second-order valence-corrected chi connectivity index (χ2v) is 2.87. The molecular weight excluding hydrogens is 178 g/mol. The highest BCUT2D eigenvalue weighted by Gasteiger charge is 2.00. The van der Waals surface area contributed by atoms with Crippen LogP contribution in [0, 0.1) is 0 Å². The second kappa shape index (κ2) is 3.29. The van der Waals surface area contributed by atoms with E-state index in [0.717, 1.165) is 5.69 Å². The van der Waals surface area contributed by atoms with Crippen LogP contribution in [-0.2, 0) is 0 Å². The van der Waals surface area contributed by atoms with Gasteiger partial charge in [0.05, 0.1) is 11.9 Å². The van der Waals surface area contributed by atoms with E-state index in [2.05, 4.69) is 10.4 Å². The Bertz CT molecular complexity index is 420. The molecule has 72 valence electrons. The lowest BCUT2D eigenvalue weighted by Gasteiger charge is -2.07. The predicted molar refractivity (Wildman–Crippen MR) is 56.5 cm³/mol. The van der Waals surface area contributed by atoms with Crippen molar-refractivity contribution in [2.45, 2.75) is 0 Å². The summed E-state index contributed by atoms with van der Waals surface area (Å²) in [5, 5.41) is 0. The first-order chi connectivity index (χ1) is 6.75. The zero-order chi connectivity index (χ0) is 9.97. The van der Waals surface area contributed by atoms with Gasteiger partial charge in [-0.3, -0.25) is 5.43 Å². The Labute approximate surface area is 81.3 Å². The number of nitrogens with one attached hydrogen (secondary N) is 1. The molecule has 0 amide bonds. The number of nitrogens with zero attached hydrogens (tertiary/aromatic N) is 2. The molecule has 0 atom stereocenters. The summed E-state index contributed by atoms with van der Waals surface area (Å²) in [5.41, 5.74) is 15.0. The van der Waals surface area contributed by atoms with Gasteiger partial charge in [-0.1, -0.05) is 18.2 Å². The quantitative estimate of drug-likeness (QED) is 0.656. The Morgan fingerprint density at radius 3 is 2.43 bits per heavy atom. The molecule has 0 aliphatic rings. The molecule has 0 spiro atoms. The number of nitrogen functional groups attached to an aromatic ring is 2. The minimum Gasteiger partial charge on any atom is -0.382 e. The molecule has 0 saturated carbocycles. The zero-order valence-corrected chi connectivity index (χ0v) is 7.51. The van der Waals surface area contributed by atoms with E-state index in [1.165, 1.54) is 0 Å². The van der Waals surface area contributed by atoms with Gasteiger partial charge < -0.3 is 11.5 Å². The molecule has 0 aliphatic heterocycles. The van der Waals surface area contributed by atoms with E-state index < -0.39 is 0 Å². The number of benzene rings is 1. The van der Waals surface area contributed by atoms with E-state index in [-0.39, 0.29) is 0 Å². The van der Waals surface area contributed by atoms with E-state index in [4.69, 9.17) is 11.5 Å². The van der Waals surface area contributed by atoms with Gasteiger partial charge in [0, 0.05) is 0 Å². The van der Waals surface area contributed by atoms with E-state index >= 15 is 0 Å². The molecule has 0 saturated heterocycles.